The highest BCUT2D eigenvalue weighted by Crippen LogP contribution is 2.31. The van der Waals surface area contributed by atoms with Gasteiger partial charge >= 0.3 is 0 Å². The lowest BCUT2D eigenvalue weighted by molar-refractivity contribution is 0.0736. The number of benzene rings is 2. The minimum Gasteiger partial charge on any atom is -0.355 e. The number of aromatic nitrogens is 2. The molecule has 1 fully saturated rings. The largest absolute Gasteiger partial charge is 0.355 e. The minimum atomic E-state index is -0.105. The summed E-state index contributed by atoms with van der Waals surface area (Å²) in [6, 6.07) is 17.1. The Bertz CT molecular complexity index is 1170. The molecule has 0 spiro atoms. The van der Waals surface area contributed by atoms with Gasteiger partial charge in [-0.05, 0) is 18.2 Å². The van der Waals surface area contributed by atoms with Crippen LogP contribution in [0.2, 0.25) is 5.02 Å². The molecular formula is C21H17ClN4O2S. The van der Waals surface area contributed by atoms with Crippen LogP contribution in [0.1, 0.15) is 10.5 Å². The number of fused-ring (bicyclic) bond motifs is 1. The zero-order valence-electron chi connectivity index (χ0n) is 15.4. The van der Waals surface area contributed by atoms with Crippen molar-refractivity contribution in [1.29, 1.82) is 0 Å². The van der Waals surface area contributed by atoms with Crippen molar-refractivity contribution < 1.29 is 9.32 Å². The van der Waals surface area contributed by atoms with Crippen molar-refractivity contribution >= 4 is 44.2 Å². The lowest BCUT2D eigenvalue weighted by Gasteiger charge is -2.34. The van der Waals surface area contributed by atoms with Crippen LogP contribution in [-0.2, 0) is 0 Å². The molecule has 0 atom stereocenters. The number of rotatable bonds is 3. The Morgan fingerprint density at radius 2 is 1.83 bits per heavy atom. The molecule has 0 aliphatic carbocycles. The number of carbonyl (C=O) groups is 1. The van der Waals surface area contributed by atoms with Crippen LogP contribution in [0.5, 0.6) is 0 Å². The van der Waals surface area contributed by atoms with E-state index in [1.165, 1.54) is 0 Å². The Morgan fingerprint density at radius 1 is 1.03 bits per heavy atom. The first-order chi connectivity index (χ1) is 14.2. The third-order valence-electron chi connectivity index (χ3n) is 4.96. The number of thiazole rings is 1. The highest BCUT2D eigenvalue weighted by Gasteiger charge is 2.26. The van der Waals surface area contributed by atoms with E-state index in [1.807, 2.05) is 53.4 Å². The first-order valence-corrected chi connectivity index (χ1v) is 10.5. The highest BCUT2D eigenvalue weighted by atomic mass is 35.5. The Hall–Kier alpha value is -2.90. The lowest BCUT2D eigenvalue weighted by Crippen LogP contribution is -2.48. The summed E-state index contributed by atoms with van der Waals surface area (Å²) in [4.78, 5) is 21.5. The van der Waals surface area contributed by atoms with E-state index >= 15 is 0 Å². The van der Waals surface area contributed by atoms with E-state index in [2.05, 4.69) is 10.1 Å². The molecule has 0 unspecified atom stereocenters. The molecule has 2 aromatic heterocycles. The predicted octanol–water partition coefficient (Wildman–Crippen LogP) is 4.57. The number of hydrogen-bond donors (Lipinski definition) is 0. The van der Waals surface area contributed by atoms with Crippen LogP contribution >= 0.6 is 22.9 Å². The second-order valence-corrected chi connectivity index (χ2v) is 8.28. The second-order valence-electron chi connectivity index (χ2n) is 6.83. The van der Waals surface area contributed by atoms with E-state index in [0.29, 0.717) is 29.6 Å². The van der Waals surface area contributed by atoms with Gasteiger partial charge in [-0.25, -0.2) is 4.98 Å². The molecule has 146 valence electrons. The van der Waals surface area contributed by atoms with Crippen molar-refractivity contribution in [3.05, 3.63) is 65.3 Å². The number of anilines is 1. The number of piperazine rings is 1. The molecular weight excluding hydrogens is 408 g/mol. The molecule has 8 heteroatoms. The average Bonchev–Trinajstić information content (AvgIpc) is 3.41. The lowest BCUT2D eigenvalue weighted by atomic mass is 10.1. The molecule has 0 bridgehead atoms. The monoisotopic (exact) mass is 424 g/mol. The Balaban J connectivity index is 1.26. The summed E-state index contributed by atoms with van der Waals surface area (Å²) in [5, 5.41) is 5.65. The number of halogens is 1. The van der Waals surface area contributed by atoms with Crippen LogP contribution in [0.25, 0.3) is 21.5 Å². The maximum Gasteiger partial charge on any atom is 0.276 e. The fourth-order valence-electron chi connectivity index (χ4n) is 3.40. The van der Waals surface area contributed by atoms with Crippen molar-refractivity contribution in [2.24, 2.45) is 0 Å². The van der Waals surface area contributed by atoms with E-state index in [-0.39, 0.29) is 5.91 Å². The predicted molar refractivity (Wildman–Crippen MR) is 115 cm³/mol. The summed E-state index contributed by atoms with van der Waals surface area (Å²) in [6.07, 6.45) is 0. The fourth-order valence-corrected chi connectivity index (χ4v) is 4.69. The molecule has 0 N–H and O–H groups in total. The number of amides is 1. The van der Waals surface area contributed by atoms with Crippen molar-refractivity contribution in [2.45, 2.75) is 0 Å². The molecule has 1 saturated heterocycles. The van der Waals surface area contributed by atoms with E-state index in [1.54, 1.807) is 17.4 Å². The topological polar surface area (TPSA) is 62.5 Å². The minimum absolute atomic E-state index is 0.105. The SMILES string of the molecule is O=C(c1cc(-c2ccccc2)on1)N1CCN(c2nc3ccc(Cl)cc3s2)CC1. The van der Waals surface area contributed by atoms with Gasteiger partial charge in [0.15, 0.2) is 16.6 Å². The zero-order valence-corrected chi connectivity index (χ0v) is 17.0. The van der Waals surface area contributed by atoms with E-state index in [9.17, 15) is 4.79 Å². The van der Waals surface area contributed by atoms with Gasteiger partial charge in [0.05, 0.1) is 10.2 Å². The van der Waals surface area contributed by atoms with Crippen LogP contribution in [0.15, 0.2) is 59.1 Å². The van der Waals surface area contributed by atoms with Gasteiger partial charge in [-0.15, -0.1) is 0 Å². The molecule has 0 saturated carbocycles. The maximum atomic E-state index is 12.8. The van der Waals surface area contributed by atoms with Gasteiger partial charge < -0.3 is 14.3 Å². The second kappa shape index (κ2) is 7.50. The third kappa shape index (κ3) is 3.59. The molecule has 1 amide bonds. The summed E-state index contributed by atoms with van der Waals surface area (Å²) in [7, 11) is 0. The number of nitrogens with zero attached hydrogens (tertiary/aromatic N) is 4. The molecule has 2 aromatic carbocycles. The van der Waals surface area contributed by atoms with Crippen LogP contribution in [-0.4, -0.2) is 47.1 Å². The average molecular weight is 425 g/mol. The molecule has 5 rings (SSSR count). The first kappa shape index (κ1) is 18.1. The van der Waals surface area contributed by atoms with Gasteiger partial charge in [-0.3, -0.25) is 4.79 Å². The van der Waals surface area contributed by atoms with Crippen molar-refractivity contribution in [3.8, 4) is 11.3 Å². The standard InChI is InChI=1S/C21H17ClN4O2S/c22-15-6-7-16-19(12-15)29-21(23-16)26-10-8-25(9-11-26)20(27)17-13-18(28-24-17)14-4-2-1-3-5-14/h1-7,12-13H,8-11H2. The van der Waals surface area contributed by atoms with E-state index in [0.717, 1.165) is 34.0 Å². The normalized spacial score (nSPS) is 14.5. The smallest absolute Gasteiger partial charge is 0.276 e. The van der Waals surface area contributed by atoms with Gasteiger partial charge in [0.1, 0.15) is 0 Å². The summed E-state index contributed by atoms with van der Waals surface area (Å²) in [5.41, 5.74) is 2.19. The quantitative estimate of drug-likeness (QED) is 0.482. The van der Waals surface area contributed by atoms with Gasteiger partial charge in [0.25, 0.3) is 5.91 Å². The summed E-state index contributed by atoms with van der Waals surface area (Å²) in [6.45, 7) is 2.68. The van der Waals surface area contributed by atoms with E-state index < -0.39 is 0 Å². The Morgan fingerprint density at radius 3 is 2.62 bits per heavy atom. The summed E-state index contributed by atoms with van der Waals surface area (Å²) >= 11 is 7.70. The third-order valence-corrected chi connectivity index (χ3v) is 6.28. The van der Waals surface area contributed by atoms with Crippen molar-refractivity contribution in [3.63, 3.8) is 0 Å². The van der Waals surface area contributed by atoms with Crippen LogP contribution in [0, 0.1) is 0 Å². The van der Waals surface area contributed by atoms with Gasteiger partial charge in [0.2, 0.25) is 0 Å². The van der Waals surface area contributed by atoms with Gasteiger partial charge in [0, 0.05) is 42.8 Å². The first-order valence-electron chi connectivity index (χ1n) is 9.30. The molecule has 4 aromatic rings. The van der Waals surface area contributed by atoms with Gasteiger partial charge in [-0.2, -0.15) is 0 Å². The summed E-state index contributed by atoms with van der Waals surface area (Å²) in [5.74, 6) is 0.493. The Labute approximate surface area is 176 Å². The fraction of sp³-hybridized carbons (Fsp3) is 0.190. The van der Waals surface area contributed by atoms with E-state index in [4.69, 9.17) is 21.1 Å². The maximum absolute atomic E-state index is 12.8. The van der Waals surface area contributed by atoms with Gasteiger partial charge in [-0.1, -0.05) is 58.4 Å². The molecule has 29 heavy (non-hydrogen) atoms. The summed E-state index contributed by atoms with van der Waals surface area (Å²) < 4.78 is 6.44. The molecule has 6 nitrogen and oxygen atoms in total. The zero-order chi connectivity index (χ0) is 19.8. The van der Waals surface area contributed by atoms with Crippen molar-refractivity contribution in [2.75, 3.05) is 31.1 Å². The van der Waals surface area contributed by atoms with Crippen LogP contribution in [0.3, 0.4) is 0 Å². The van der Waals surface area contributed by atoms with Crippen LogP contribution < -0.4 is 4.90 Å². The Kier molecular flexibility index (Phi) is 4.69. The number of carbonyl (C=O) groups excluding carboxylic acids is 1. The molecule has 1 aliphatic heterocycles. The highest BCUT2D eigenvalue weighted by molar-refractivity contribution is 7.22. The van der Waals surface area contributed by atoms with Crippen molar-refractivity contribution in [1.82, 2.24) is 15.0 Å². The molecule has 1 aliphatic rings. The van der Waals surface area contributed by atoms with Crippen LogP contribution in [0.4, 0.5) is 5.13 Å². The number of hydrogen-bond acceptors (Lipinski definition) is 6. The molecule has 0 radical (unpaired) electrons. The molecule has 3 heterocycles.